The van der Waals surface area contributed by atoms with Crippen LogP contribution in [0.2, 0.25) is 0 Å². The molecule has 0 aromatic heterocycles. The van der Waals surface area contributed by atoms with Crippen molar-refractivity contribution in [3.05, 3.63) is 54.1 Å². The summed E-state index contributed by atoms with van der Waals surface area (Å²) < 4.78 is 16.0. The topological polar surface area (TPSA) is 77.1 Å². The maximum atomic E-state index is 12.1. The fourth-order valence-corrected chi connectivity index (χ4v) is 2.79. The van der Waals surface area contributed by atoms with Crippen LogP contribution in [0.4, 0.5) is 10.5 Å². The number of nitrogens with zero attached hydrogens (tertiary/aromatic N) is 1. The number of hydrogen-bond acceptors (Lipinski definition) is 5. The Labute approximate surface area is 157 Å². The number of methoxy groups -OCH3 is 1. The quantitative estimate of drug-likeness (QED) is 0.810. The molecule has 3 rings (SSSR count). The van der Waals surface area contributed by atoms with E-state index in [1.807, 2.05) is 37.3 Å². The van der Waals surface area contributed by atoms with Gasteiger partial charge in [-0.2, -0.15) is 0 Å². The van der Waals surface area contributed by atoms with Gasteiger partial charge in [-0.1, -0.05) is 24.3 Å². The number of ether oxygens (including phenoxy) is 3. The highest BCUT2D eigenvalue weighted by molar-refractivity contribution is 5.90. The SMILES string of the molecule is COc1ccccc1OCC(=O)NCC1CN(c2cccc(C)c2)C(=O)O1. The lowest BCUT2D eigenvalue weighted by atomic mass is 10.2. The molecule has 1 N–H and O–H groups in total. The fourth-order valence-electron chi connectivity index (χ4n) is 2.79. The number of hydrogen-bond donors (Lipinski definition) is 1. The normalized spacial score (nSPS) is 16.0. The minimum Gasteiger partial charge on any atom is -0.493 e. The van der Waals surface area contributed by atoms with E-state index in [1.165, 1.54) is 7.11 Å². The van der Waals surface area contributed by atoms with Crippen LogP contribution in [-0.2, 0) is 9.53 Å². The Balaban J connectivity index is 1.47. The van der Waals surface area contributed by atoms with Crippen molar-refractivity contribution in [3.63, 3.8) is 0 Å². The molecule has 0 aliphatic carbocycles. The van der Waals surface area contributed by atoms with Crippen molar-refractivity contribution in [2.75, 3.05) is 31.7 Å². The smallest absolute Gasteiger partial charge is 0.414 e. The Hall–Kier alpha value is -3.22. The van der Waals surface area contributed by atoms with Crippen LogP contribution >= 0.6 is 0 Å². The van der Waals surface area contributed by atoms with Crippen LogP contribution in [0.1, 0.15) is 5.56 Å². The van der Waals surface area contributed by atoms with Gasteiger partial charge in [0, 0.05) is 5.69 Å². The molecule has 1 heterocycles. The lowest BCUT2D eigenvalue weighted by Crippen LogP contribution is -2.37. The Kier molecular flexibility index (Phi) is 5.80. The molecule has 1 aliphatic heterocycles. The highest BCUT2D eigenvalue weighted by Gasteiger charge is 2.32. The molecule has 0 bridgehead atoms. The molecule has 1 saturated heterocycles. The van der Waals surface area contributed by atoms with Gasteiger partial charge >= 0.3 is 6.09 Å². The Morgan fingerprint density at radius 3 is 2.74 bits per heavy atom. The number of carbonyl (C=O) groups excluding carboxylic acids is 2. The van der Waals surface area contributed by atoms with Crippen molar-refractivity contribution in [2.45, 2.75) is 13.0 Å². The lowest BCUT2D eigenvalue weighted by Gasteiger charge is -2.14. The minimum atomic E-state index is -0.412. The van der Waals surface area contributed by atoms with E-state index >= 15 is 0 Å². The Morgan fingerprint density at radius 2 is 2.00 bits per heavy atom. The monoisotopic (exact) mass is 370 g/mol. The minimum absolute atomic E-state index is 0.150. The molecule has 142 valence electrons. The summed E-state index contributed by atoms with van der Waals surface area (Å²) in [4.78, 5) is 25.7. The summed E-state index contributed by atoms with van der Waals surface area (Å²) in [7, 11) is 1.54. The number of cyclic esters (lactones) is 1. The summed E-state index contributed by atoms with van der Waals surface area (Å²) in [6.45, 7) is 2.42. The van der Waals surface area contributed by atoms with Gasteiger partial charge in [0.1, 0.15) is 6.10 Å². The van der Waals surface area contributed by atoms with Crippen molar-refractivity contribution < 1.29 is 23.8 Å². The van der Waals surface area contributed by atoms with E-state index in [9.17, 15) is 9.59 Å². The van der Waals surface area contributed by atoms with E-state index in [2.05, 4.69) is 5.32 Å². The molecule has 1 fully saturated rings. The third-order valence-electron chi connectivity index (χ3n) is 4.14. The molecule has 1 aliphatic rings. The third-order valence-corrected chi connectivity index (χ3v) is 4.14. The second-order valence-corrected chi connectivity index (χ2v) is 6.20. The van der Waals surface area contributed by atoms with Crippen LogP contribution in [0.5, 0.6) is 11.5 Å². The number of rotatable bonds is 7. The molecule has 2 aromatic rings. The second-order valence-electron chi connectivity index (χ2n) is 6.20. The van der Waals surface area contributed by atoms with Crippen LogP contribution in [-0.4, -0.2) is 44.9 Å². The molecule has 2 amide bonds. The van der Waals surface area contributed by atoms with E-state index in [4.69, 9.17) is 14.2 Å². The van der Waals surface area contributed by atoms with Gasteiger partial charge in [-0.3, -0.25) is 9.69 Å². The van der Waals surface area contributed by atoms with Crippen LogP contribution in [0.25, 0.3) is 0 Å². The van der Waals surface area contributed by atoms with Gasteiger partial charge in [0.05, 0.1) is 20.2 Å². The summed E-state index contributed by atoms with van der Waals surface area (Å²) >= 11 is 0. The molecule has 7 nitrogen and oxygen atoms in total. The molecule has 2 aromatic carbocycles. The highest BCUT2D eigenvalue weighted by atomic mass is 16.6. The first-order chi connectivity index (χ1) is 13.1. The van der Waals surface area contributed by atoms with Crippen molar-refractivity contribution in [1.82, 2.24) is 5.32 Å². The van der Waals surface area contributed by atoms with Crippen molar-refractivity contribution in [3.8, 4) is 11.5 Å². The first-order valence-corrected chi connectivity index (χ1v) is 8.64. The molecule has 0 radical (unpaired) electrons. The number of anilines is 1. The first-order valence-electron chi connectivity index (χ1n) is 8.64. The van der Waals surface area contributed by atoms with Crippen molar-refractivity contribution >= 4 is 17.7 Å². The first kappa shape index (κ1) is 18.6. The van der Waals surface area contributed by atoms with Gasteiger partial charge in [-0.15, -0.1) is 0 Å². The van der Waals surface area contributed by atoms with E-state index in [0.29, 0.717) is 18.0 Å². The second kappa shape index (κ2) is 8.44. The standard InChI is InChI=1S/C20H22N2O5/c1-14-6-5-7-15(10-14)22-12-16(27-20(22)24)11-21-19(23)13-26-18-9-4-3-8-17(18)25-2/h3-10,16H,11-13H2,1-2H3,(H,21,23). The number of aryl methyl sites for hydroxylation is 1. The molecule has 1 atom stereocenters. The van der Waals surface area contributed by atoms with Gasteiger partial charge < -0.3 is 19.5 Å². The summed E-state index contributed by atoms with van der Waals surface area (Å²) in [5.74, 6) is 0.753. The molecule has 0 saturated carbocycles. The zero-order chi connectivity index (χ0) is 19.2. The van der Waals surface area contributed by atoms with Crippen molar-refractivity contribution in [2.24, 2.45) is 0 Å². The number of benzene rings is 2. The molecule has 1 unspecified atom stereocenters. The van der Waals surface area contributed by atoms with E-state index in [1.54, 1.807) is 23.1 Å². The van der Waals surface area contributed by atoms with Gasteiger partial charge in [0.25, 0.3) is 5.91 Å². The lowest BCUT2D eigenvalue weighted by molar-refractivity contribution is -0.123. The predicted molar refractivity (Wildman–Crippen MR) is 100 cm³/mol. The van der Waals surface area contributed by atoms with Gasteiger partial charge in [-0.25, -0.2) is 4.79 Å². The number of carbonyl (C=O) groups is 2. The summed E-state index contributed by atoms with van der Waals surface area (Å²) in [6.07, 6.45) is -0.821. The average molecular weight is 370 g/mol. The van der Waals surface area contributed by atoms with E-state index in [-0.39, 0.29) is 19.1 Å². The van der Waals surface area contributed by atoms with Gasteiger partial charge in [0.15, 0.2) is 18.1 Å². The van der Waals surface area contributed by atoms with Gasteiger partial charge in [-0.05, 0) is 36.8 Å². The zero-order valence-corrected chi connectivity index (χ0v) is 15.3. The maximum Gasteiger partial charge on any atom is 0.414 e. The van der Waals surface area contributed by atoms with Crippen LogP contribution in [0.3, 0.4) is 0 Å². The zero-order valence-electron chi connectivity index (χ0n) is 15.3. The molecular weight excluding hydrogens is 348 g/mol. The summed E-state index contributed by atoms with van der Waals surface area (Å²) in [5.41, 5.74) is 1.85. The molecule has 7 heteroatoms. The Morgan fingerprint density at radius 1 is 1.22 bits per heavy atom. The van der Waals surface area contributed by atoms with E-state index < -0.39 is 12.2 Å². The molecule has 0 spiro atoms. The number of amides is 2. The fraction of sp³-hybridized carbons (Fsp3) is 0.300. The maximum absolute atomic E-state index is 12.1. The average Bonchev–Trinajstić information content (AvgIpc) is 3.05. The summed E-state index contributed by atoms with van der Waals surface area (Å²) in [6, 6.07) is 14.7. The Bertz CT molecular complexity index is 824. The van der Waals surface area contributed by atoms with E-state index in [0.717, 1.165) is 11.3 Å². The number of nitrogens with one attached hydrogen (secondary N) is 1. The van der Waals surface area contributed by atoms with Crippen molar-refractivity contribution in [1.29, 1.82) is 0 Å². The predicted octanol–water partition coefficient (Wildman–Crippen LogP) is 2.52. The highest BCUT2D eigenvalue weighted by Crippen LogP contribution is 2.25. The number of para-hydroxylation sites is 2. The third kappa shape index (κ3) is 4.69. The van der Waals surface area contributed by atoms with Crippen LogP contribution in [0, 0.1) is 6.92 Å². The van der Waals surface area contributed by atoms with Crippen LogP contribution in [0.15, 0.2) is 48.5 Å². The van der Waals surface area contributed by atoms with Crippen LogP contribution < -0.4 is 19.7 Å². The molecule has 27 heavy (non-hydrogen) atoms. The largest absolute Gasteiger partial charge is 0.493 e. The van der Waals surface area contributed by atoms with Gasteiger partial charge in [0.2, 0.25) is 0 Å². The molecular formula is C20H22N2O5. The summed E-state index contributed by atoms with van der Waals surface area (Å²) in [5, 5.41) is 2.73.